The number of benzene rings is 1. The van der Waals surface area contributed by atoms with Gasteiger partial charge in [-0.2, -0.15) is 0 Å². The Labute approximate surface area is 120 Å². The van der Waals surface area contributed by atoms with Crippen molar-refractivity contribution in [3.05, 3.63) is 59.9 Å². The Bertz CT molecular complexity index is 516. The third-order valence-electron chi connectivity index (χ3n) is 3.80. The lowest BCUT2D eigenvalue weighted by Crippen LogP contribution is -2.43. The molecule has 1 fully saturated rings. The summed E-state index contributed by atoms with van der Waals surface area (Å²) in [5, 5.41) is 3.37. The van der Waals surface area contributed by atoms with Crippen LogP contribution in [-0.2, 0) is 12.8 Å². The summed E-state index contributed by atoms with van der Waals surface area (Å²) in [7, 11) is 0. The van der Waals surface area contributed by atoms with Crippen LogP contribution in [0.4, 0.5) is 5.69 Å². The third kappa shape index (κ3) is 3.36. The third-order valence-corrected chi connectivity index (χ3v) is 3.80. The maximum atomic E-state index is 4.61. The molecule has 20 heavy (non-hydrogen) atoms. The first-order chi connectivity index (χ1) is 9.92. The standard InChI is InChI=1S/C17H21N3/c1-2-4-15(5-3-1)6-7-16-8-9-17(14-19-16)20-12-10-18-11-13-20/h1-5,8-9,14,18H,6-7,10-13H2. The first-order valence-corrected chi connectivity index (χ1v) is 7.36. The van der Waals surface area contributed by atoms with Crippen LogP contribution in [0.5, 0.6) is 0 Å². The molecule has 104 valence electrons. The summed E-state index contributed by atoms with van der Waals surface area (Å²) in [6.07, 6.45) is 4.08. The van der Waals surface area contributed by atoms with E-state index in [1.807, 2.05) is 6.20 Å². The summed E-state index contributed by atoms with van der Waals surface area (Å²) in [6, 6.07) is 15.0. The summed E-state index contributed by atoms with van der Waals surface area (Å²) >= 11 is 0. The Kier molecular flexibility index (Phi) is 4.28. The van der Waals surface area contributed by atoms with E-state index in [0.717, 1.165) is 39.0 Å². The molecule has 3 nitrogen and oxygen atoms in total. The molecule has 0 saturated carbocycles. The van der Waals surface area contributed by atoms with Gasteiger partial charge in [-0.25, -0.2) is 0 Å². The number of hydrogen-bond donors (Lipinski definition) is 1. The molecule has 0 spiro atoms. The van der Waals surface area contributed by atoms with Gasteiger partial charge in [-0.05, 0) is 30.5 Å². The second-order valence-electron chi connectivity index (χ2n) is 5.23. The van der Waals surface area contributed by atoms with Gasteiger partial charge in [-0.15, -0.1) is 0 Å². The molecule has 0 aliphatic carbocycles. The van der Waals surface area contributed by atoms with Gasteiger partial charge in [0, 0.05) is 31.9 Å². The minimum atomic E-state index is 1.01. The van der Waals surface area contributed by atoms with Crippen molar-refractivity contribution in [2.45, 2.75) is 12.8 Å². The minimum Gasteiger partial charge on any atom is -0.368 e. The van der Waals surface area contributed by atoms with E-state index in [1.165, 1.54) is 16.9 Å². The van der Waals surface area contributed by atoms with E-state index in [4.69, 9.17) is 0 Å². The topological polar surface area (TPSA) is 28.2 Å². The fourth-order valence-electron chi connectivity index (χ4n) is 2.59. The molecular weight excluding hydrogens is 246 g/mol. The second-order valence-corrected chi connectivity index (χ2v) is 5.23. The van der Waals surface area contributed by atoms with Gasteiger partial charge in [0.05, 0.1) is 11.9 Å². The molecule has 0 amide bonds. The largest absolute Gasteiger partial charge is 0.368 e. The Morgan fingerprint density at radius 3 is 2.45 bits per heavy atom. The molecule has 3 heteroatoms. The molecule has 3 rings (SSSR count). The quantitative estimate of drug-likeness (QED) is 0.921. The summed E-state index contributed by atoms with van der Waals surface area (Å²) < 4.78 is 0. The van der Waals surface area contributed by atoms with E-state index in [9.17, 15) is 0 Å². The molecule has 2 aromatic rings. The number of rotatable bonds is 4. The van der Waals surface area contributed by atoms with Gasteiger partial charge in [0.25, 0.3) is 0 Å². The van der Waals surface area contributed by atoms with Crippen molar-refractivity contribution in [2.24, 2.45) is 0 Å². The van der Waals surface area contributed by atoms with Crippen LogP contribution in [0.1, 0.15) is 11.3 Å². The highest BCUT2D eigenvalue weighted by molar-refractivity contribution is 5.45. The van der Waals surface area contributed by atoms with Gasteiger partial charge < -0.3 is 10.2 Å². The minimum absolute atomic E-state index is 1.01. The smallest absolute Gasteiger partial charge is 0.0553 e. The SMILES string of the molecule is c1ccc(CCc2ccc(N3CCNCC3)cn2)cc1. The first kappa shape index (κ1) is 13.1. The molecule has 1 saturated heterocycles. The van der Waals surface area contributed by atoms with Crippen molar-refractivity contribution >= 4 is 5.69 Å². The monoisotopic (exact) mass is 267 g/mol. The van der Waals surface area contributed by atoms with Crippen LogP contribution in [0.2, 0.25) is 0 Å². The molecule has 0 atom stereocenters. The summed E-state index contributed by atoms with van der Waals surface area (Å²) in [5.74, 6) is 0. The van der Waals surface area contributed by atoms with Crippen molar-refractivity contribution in [3.63, 3.8) is 0 Å². The van der Waals surface area contributed by atoms with E-state index >= 15 is 0 Å². The van der Waals surface area contributed by atoms with E-state index in [2.05, 4.69) is 57.7 Å². The van der Waals surface area contributed by atoms with Crippen molar-refractivity contribution in [3.8, 4) is 0 Å². The molecule has 0 unspecified atom stereocenters. The maximum absolute atomic E-state index is 4.61. The van der Waals surface area contributed by atoms with Crippen LogP contribution in [0.25, 0.3) is 0 Å². The molecule has 2 heterocycles. The van der Waals surface area contributed by atoms with Crippen LogP contribution in [0.3, 0.4) is 0 Å². The summed E-state index contributed by atoms with van der Waals surface area (Å²) in [6.45, 7) is 4.28. The average molecular weight is 267 g/mol. The summed E-state index contributed by atoms with van der Waals surface area (Å²) in [5.41, 5.74) is 3.79. The fraction of sp³-hybridized carbons (Fsp3) is 0.353. The van der Waals surface area contributed by atoms with Crippen LogP contribution < -0.4 is 10.2 Å². The summed E-state index contributed by atoms with van der Waals surface area (Å²) in [4.78, 5) is 7.00. The number of anilines is 1. The molecule has 1 N–H and O–H groups in total. The van der Waals surface area contributed by atoms with E-state index in [-0.39, 0.29) is 0 Å². The Morgan fingerprint density at radius 2 is 1.75 bits per heavy atom. The zero-order valence-electron chi connectivity index (χ0n) is 11.8. The van der Waals surface area contributed by atoms with Crippen LogP contribution in [0.15, 0.2) is 48.7 Å². The number of piperazine rings is 1. The highest BCUT2D eigenvalue weighted by atomic mass is 15.2. The normalized spacial score (nSPS) is 15.3. The predicted octanol–water partition coefficient (Wildman–Crippen LogP) is 2.28. The highest BCUT2D eigenvalue weighted by Crippen LogP contribution is 2.14. The lowest BCUT2D eigenvalue weighted by atomic mass is 10.1. The molecule has 1 aromatic heterocycles. The molecular formula is C17H21N3. The van der Waals surface area contributed by atoms with Crippen molar-refractivity contribution < 1.29 is 0 Å². The number of nitrogens with zero attached hydrogens (tertiary/aromatic N) is 2. The Hall–Kier alpha value is -1.87. The molecule has 1 aliphatic heterocycles. The van der Waals surface area contributed by atoms with Crippen molar-refractivity contribution in [1.29, 1.82) is 0 Å². The fourth-order valence-corrected chi connectivity index (χ4v) is 2.59. The number of aryl methyl sites for hydroxylation is 2. The van der Waals surface area contributed by atoms with Gasteiger partial charge in [0.15, 0.2) is 0 Å². The van der Waals surface area contributed by atoms with Crippen molar-refractivity contribution in [1.82, 2.24) is 10.3 Å². The predicted molar refractivity (Wildman–Crippen MR) is 83.2 cm³/mol. The van der Waals surface area contributed by atoms with Crippen LogP contribution in [-0.4, -0.2) is 31.2 Å². The van der Waals surface area contributed by atoms with E-state index < -0.39 is 0 Å². The van der Waals surface area contributed by atoms with Gasteiger partial charge in [-0.1, -0.05) is 30.3 Å². The average Bonchev–Trinajstić information content (AvgIpc) is 2.55. The van der Waals surface area contributed by atoms with Gasteiger partial charge in [0.1, 0.15) is 0 Å². The maximum Gasteiger partial charge on any atom is 0.0553 e. The molecule has 1 aliphatic rings. The van der Waals surface area contributed by atoms with Gasteiger partial charge in [-0.3, -0.25) is 4.98 Å². The van der Waals surface area contributed by atoms with Crippen LogP contribution >= 0.6 is 0 Å². The number of aromatic nitrogens is 1. The van der Waals surface area contributed by atoms with Gasteiger partial charge >= 0.3 is 0 Å². The second kappa shape index (κ2) is 6.53. The first-order valence-electron chi connectivity index (χ1n) is 7.36. The number of nitrogens with one attached hydrogen (secondary N) is 1. The van der Waals surface area contributed by atoms with Crippen molar-refractivity contribution in [2.75, 3.05) is 31.1 Å². The zero-order chi connectivity index (χ0) is 13.6. The van der Waals surface area contributed by atoms with E-state index in [0.29, 0.717) is 0 Å². The molecule has 0 radical (unpaired) electrons. The lowest BCUT2D eigenvalue weighted by Gasteiger charge is -2.29. The Balaban J connectivity index is 1.58. The van der Waals surface area contributed by atoms with E-state index in [1.54, 1.807) is 0 Å². The molecule has 0 bridgehead atoms. The highest BCUT2D eigenvalue weighted by Gasteiger charge is 2.10. The van der Waals surface area contributed by atoms with Crippen LogP contribution in [0, 0.1) is 0 Å². The number of pyridine rings is 1. The van der Waals surface area contributed by atoms with Gasteiger partial charge in [0.2, 0.25) is 0 Å². The number of hydrogen-bond acceptors (Lipinski definition) is 3. The molecule has 1 aromatic carbocycles. The lowest BCUT2D eigenvalue weighted by molar-refractivity contribution is 0.588. The Morgan fingerprint density at radius 1 is 0.950 bits per heavy atom. The zero-order valence-corrected chi connectivity index (χ0v) is 11.8.